The Morgan fingerprint density at radius 2 is 1.94 bits per heavy atom. The molecular formula is C14H20O4. The van der Waals surface area contributed by atoms with Crippen LogP contribution in [0.15, 0.2) is 24.3 Å². The first-order valence-corrected chi connectivity index (χ1v) is 5.99. The van der Waals surface area contributed by atoms with Crippen molar-refractivity contribution in [2.45, 2.75) is 33.0 Å². The quantitative estimate of drug-likeness (QED) is 0.552. The molecular weight excluding hydrogens is 232 g/mol. The van der Waals surface area contributed by atoms with E-state index in [1.807, 2.05) is 31.2 Å². The average molecular weight is 252 g/mol. The van der Waals surface area contributed by atoms with Gasteiger partial charge in [-0.3, -0.25) is 4.79 Å². The minimum atomic E-state index is -0.252. The zero-order valence-electron chi connectivity index (χ0n) is 11.1. The molecule has 0 radical (unpaired) electrons. The number of carbonyl (C=O) groups is 1. The molecule has 0 aliphatic carbocycles. The normalized spacial score (nSPS) is 11.9. The summed E-state index contributed by atoms with van der Waals surface area (Å²) in [5, 5.41) is 0. The van der Waals surface area contributed by atoms with Crippen molar-refractivity contribution in [2.24, 2.45) is 0 Å². The van der Waals surface area contributed by atoms with Gasteiger partial charge >= 0.3 is 5.97 Å². The maximum atomic E-state index is 10.7. The van der Waals surface area contributed by atoms with Crippen molar-refractivity contribution < 1.29 is 19.0 Å². The van der Waals surface area contributed by atoms with E-state index in [4.69, 9.17) is 14.2 Å². The van der Waals surface area contributed by atoms with Gasteiger partial charge in [-0.25, -0.2) is 0 Å². The SMILES string of the molecule is COc1ccc(COCC[C@@H](C)OC(C)=O)cc1. The predicted octanol–water partition coefficient (Wildman–Crippen LogP) is 2.55. The standard InChI is InChI=1S/C14H20O4/c1-11(18-12(2)15)8-9-17-10-13-4-6-14(16-3)7-5-13/h4-7,11H,8-10H2,1-3H3/t11-/m1/s1. The zero-order valence-corrected chi connectivity index (χ0v) is 11.1. The summed E-state index contributed by atoms with van der Waals surface area (Å²) in [6.45, 7) is 4.39. The number of hydrogen-bond acceptors (Lipinski definition) is 4. The molecule has 0 spiro atoms. The number of rotatable bonds is 7. The molecule has 4 nitrogen and oxygen atoms in total. The largest absolute Gasteiger partial charge is 0.497 e. The summed E-state index contributed by atoms with van der Waals surface area (Å²) in [6, 6.07) is 7.74. The number of methoxy groups -OCH3 is 1. The fourth-order valence-electron chi connectivity index (χ4n) is 1.50. The van der Waals surface area contributed by atoms with Gasteiger partial charge in [0.1, 0.15) is 11.9 Å². The van der Waals surface area contributed by atoms with E-state index in [0.717, 1.165) is 11.3 Å². The van der Waals surface area contributed by atoms with Crippen LogP contribution < -0.4 is 4.74 Å². The lowest BCUT2D eigenvalue weighted by molar-refractivity contribution is -0.146. The highest BCUT2D eigenvalue weighted by molar-refractivity contribution is 5.66. The molecule has 18 heavy (non-hydrogen) atoms. The first-order valence-electron chi connectivity index (χ1n) is 5.99. The van der Waals surface area contributed by atoms with Crippen LogP contribution in [-0.2, 0) is 20.9 Å². The van der Waals surface area contributed by atoms with Gasteiger partial charge < -0.3 is 14.2 Å². The summed E-state index contributed by atoms with van der Waals surface area (Å²) < 4.78 is 15.6. The molecule has 0 aromatic heterocycles. The van der Waals surface area contributed by atoms with E-state index in [0.29, 0.717) is 19.6 Å². The first kappa shape index (κ1) is 14.5. The van der Waals surface area contributed by atoms with Crippen LogP contribution in [0.1, 0.15) is 25.8 Å². The van der Waals surface area contributed by atoms with Crippen LogP contribution in [0.5, 0.6) is 5.75 Å². The maximum Gasteiger partial charge on any atom is 0.302 e. The van der Waals surface area contributed by atoms with Crippen LogP contribution in [0.25, 0.3) is 0 Å². The molecule has 0 aliphatic rings. The second-order valence-electron chi connectivity index (χ2n) is 4.11. The Morgan fingerprint density at radius 1 is 1.28 bits per heavy atom. The van der Waals surface area contributed by atoms with Crippen molar-refractivity contribution in [3.63, 3.8) is 0 Å². The number of hydrogen-bond donors (Lipinski definition) is 0. The van der Waals surface area contributed by atoms with Gasteiger partial charge in [-0.2, -0.15) is 0 Å². The predicted molar refractivity (Wildman–Crippen MR) is 68.5 cm³/mol. The van der Waals surface area contributed by atoms with Gasteiger partial charge in [0.05, 0.1) is 20.3 Å². The molecule has 0 unspecified atom stereocenters. The molecule has 0 amide bonds. The van der Waals surface area contributed by atoms with E-state index >= 15 is 0 Å². The van der Waals surface area contributed by atoms with Gasteiger partial charge in [-0.1, -0.05) is 12.1 Å². The molecule has 100 valence electrons. The minimum Gasteiger partial charge on any atom is -0.497 e. The molecule has 4 heteroatoms. The number of esters is 1. The van der Waals surface area contributed by atoms with Crippen LogP contribution in [-0.4, -0.2) is 25.8 Å². The van der Waals surface area contributed by atoms with E-state index in [-0.39, 0.29) is 12.1 Å². The second-order valence-corrected chi connectivity index (χ2v) is 4.11. The van der Waals surface area contributed by atoms with Crippen LogP contribution >= 0.6 is 0 Å². The summed E-state index contributed by atoms with van der Waals surface area (Å²) >= 11 is 0. The Morgan fingerprint density at radius 3 is 2.50 bits per heavy atom. The third-order valence-electron chi connectivity index (χ3n) is 2.46. The van der Waals surface area contributed by atoms with E-state index in [1.54, 1.807) is 7.11 Å². The molecule has 0 saturated heterocycles. The van der Waals surface area contributed by atoms with Crippen molar-refractivity contribution >= 4 is 5.97 Å². The van der Waals surface area contributed by atoms with Crippen LogP contribution in [0.2, 0.25) is 0 Å². The first-order chi connectivity index (χ1) is 8.61. The fraction of sp³-hybridized carbons (Fsp3) is 0.500. The number of ether oxygens (including phenoxy) is 3. The van der Waals surface area contributed by atoms with Crippen LogP contribution in [0.3, 0.4) is 0 Å². The topological polar surface area (TPSA) is 44.8 Å². The summed E-state index contributed by atoms with van der Waals surface area (Å²) in [5.74, 6) is 0.583. The summed E-state index contributed by atoms with van der Waals surface area (Å²) in [4.78, 5) is 10.7. The highest BCUT2D eigenvalue weighted by Crippen LogP contribution is 2.12. The third kappa shape index (κ3) is 5.68. The zero-order chi connectivity index (χ0) is 13.4. The lowest BCUT2D eigenvalue weighted by Gasteiger charge is -2.11. The van der Waals surface area contributed by atoms with Crippen molar-refractivity contribution in [1.82, 2.24) is 0 Å². The molecule has 0 heterocycles. The Labute approximate surface area is 108 Å². The Hall–Kier alpha value is -1.55. The van der Waals surface area contributed by atoms with Crippen molar-refractivity contribution in [1.29, 1.82) is 0 Å². The molecule has 0 fully saturated rings. The Bertz CT molecular complexity index is 359. The third-order valence-corrected chi connectivity index (χ3v) is 2.46. The highest BCUT2D eigenvalue weighted by Gasteiger charge is 2.04. The lowest BCUT2D eigenvalue weighted by Crippen LogP contribution is -2.14. The summed E-state index contributed by atoms with van der Waals surface area (Å²) in [5.41, 5.74) is 1.09. The maximum absolute atomic E-state index is 10.7. The van der Waals surface area contributed by atoms with Gasteiger partial charge in [0.15, 0.2) is 0 Å². The molecule has 0 saturated carbocycles. The second kappa shape index (κ2) is 7.71. The molecule has 0 aliphatic heterocycles. The molecule has 0 bridgehead atoms. The minimum absolute atomic E-state index is 0.0987. The molecule has 0 N–H and O–H groups in total. The van der Waals surface area contributed by atoms with Crippen molar-refractivity contribution in [3.8, 4) is 5.75 Å². The van der Waals surface area contributed by atoms with Gasteiger partial charge in [0, 0.05) is 13.3 Å². The van der Waals surface area contributed by atoms with Gasteiger partial charge in [-0.05, 0) is 24.6 Å². The molecule has 1 atom stereocenters. The average Bonchev–Trinajstić information content (AvgIpc) is 2.34. The lowest BCUT2D eigenvalue weighted by atomic mass is 10.2. The van der Waals surface area contributed by atoms with Crippen LogP contribution in [0.4, 0.5) is 0 Å². The van der Waals surface area contributed by atoms with E-state index in [1.165, 1.54) is 6.92 Å². The van der Waals surface area contributed by atoms with Gasteiger partial charge in [-0.15, -0.1) is 0 Å². The smallest absolute Gasteiger partial charge is 0.302 e. The molecule has 1 aromatic carbocycles. The van der Waals surface area contributed by atoms with Gasteiger partial charge in [0.2, 0.25) is 0 Å². The van der Waals surface area contributed by atoms with Crippen LogP contribution in [0, 0.1) is 0 Å². The molecule has 1 rings (SSSR count). The Kier molecular flexibility index (Phi) is 6.22. The monoisotopic (exact) mass is 252 g/mol. The van der Waals surface area contributed by atoms with Gasteiger partial charge in [0.25, 0.3) is 0 Å². The highest BCUT2D eigenvalue weighted by atomic mass is 16.5. The van der Waals surface area contributed by atoms with Crippen molar-refractivity contribution in [2.75, 3.05) is 13.7 Å². The van der Waals surface area contributed by atoms with E-state index in [9.17, 15) is 4.79 Å². The fourth-order valence-corrected chi connectivity index (χ4v) is 1.50. The Balaban J connectivity index is 2.19. The number of carbonyl (C=O) groups excluding carboxylic acids is 1. The summed E-state index contributed by atoms with van der Waals surface area (Å²) in [6.07, 6.45) is 0.605. The van der Waals surface area contributed by atoms with E-state index < -0.39 is 0 Å². The summed E-state index contributed by atoms with van der Waals surface area (Å²) in [7, 11) is 1.64. The number of benzene rings is 1. The van der Waals surface area contributed by atoms with E-state index in [2.05, 4.69) is 0 Å². The van der Waals surface area contributed by atoms with Crippen molar-refractivity contribution in [3.05, 3.63) is 29.8 Å². The molecule has 1 aromatic rings.